The Labute approximate surface area is 120 Å². The number of nitrogens with zero attached hydrogens (tertiary/aromatic N) is 1. The molecule has 0 bridgehead atoms. The van der Waals surface area contributed by atoms with Crippen LogP contribution in [0.2, 0.25) is 0 Å². The van der Waals surface area contributed by atoms with Crippen LogP contribution in [0.4, 0.5) is 13.2 Å². The smallest absolute Gasteiger partial charge is 0.313 e. The van der Waals surface area contributed by atoms with E-state index in [2.05, 4.69) is 24.1 Å². The van der Waals surface area contributed by atoms with Gasteiger partial charge in [0.05, 0.1) is 5.92 Å². The largest absolute Gasteiger partial charge is 0.391 e. The predicted octanol–water partition coefficient (Wildman–Crippen LogP) is 3.57. The standard InChI is InChI=1S/C15H27F3N2/c1-11(2)20(10-13-6-4-8-19-13)14-7-3-5-12(9-14)15(16,17)18/h11-14,19H,3-10H2,1-2H3. The van der Waals surface area contributed by atoms with Gasteiger partial charge in [0.25, 0.3) is 0 Å². The maximum Gasteiger partial charge on any atom is 0.391 e. The van der Waals surface area contributed by atoms with Crippen LogP contribution in [0.5, 0.6) is 0 Å². The fourth-order valence-electron chi connectivity index (χ4n) is 3.71. The molecule has 2 rings (SSSR count). The third kappa shape index (κ3) is 4.10. The third-order valence-electron chi connectivity index (χ3n) is 4.84. The third-order valence-corrected chi connectivity index (χ3v) is 4.84. The van der Waals surface area contributed by atoms with Crippen LogP contribution in [-0.2, 0) is 0 Å². The number of halogens is 3. The second kappa shape index (κ2) is 6.65. The number of rotatable bonds is 4. The van der Waals surface area contributed by atoms with Crippen molar-refractivity contribution in [3.8, 4) is 0 Å². The van der Waals surface area contributed by atoms with E-state index in [9.17, 15) is 13.2 Å². The van der Waals surface area contributed by atoms with E-state index in [4.69, 9.17) is 0 Å². The molecule has 3 atom stereocenters. The van der Waals surface area contributed by atoms with E-state index in [0.717, 1.165) is 25.9 Å². The molecule has 2 fully saturated rings. The normalized spacial score (nSPS) is 32.2. The quantitative estimate of drug-likeness (QED) is 0.852. The maximum absolute atomic E-state index is 13.0. The summed E-state index contributed by atoms with van der Waals surface area (Å²) in [7, 11) is 0. The Morgan fingerprint density at radius 3 is 2.45 bits per heavy atom. The van der Waals surface area contributed by atoms with E-state index in [1.807, 2.05) is 0 Å². The minimum absolute atomic E-state index is 0.0952. The van der Waals surface area contributed by atoms with Gasteiger partial charge >= 0.3 is 6.18 Å². The molecule has 3 unspecified atom stereocenters. The van der Waals surface area contributed by atoms with Crippen LogP contribution in [0.25, 0.3) is 0 Å². The second-order valence-corrected chi connectivity index (χ2v) is 6.64. The van der Waals surface area contributed by atoms with Crippen LogP contribution in [0.3, 0.4) is 0 Å². The highest BCUT2D eigenvalue weighted by Crippen LogP contribution is 2.39. The van der Waals surface area contributed by atoms with E-state index < -0.39 is 12.1 Å². The van der Waals surface area contributed by atoms with Gasteiger partial charge in [0.1, 0.15) is 0 Å². The summed E-state index contributed by atoms with van der Waals surface area (Å²) in [6.45, 7) is 6.15. The minimum atomic E-state index is -4.02. The lowest BCUT2D eigenvalue weighted by atomic mass is 9.84. The molecule has 0 aromatic heterocycles. The molecule has 0 spiro atoms. The van der Waals surface area contributed by atoms with Crippen LogP contribution in [0, 0.1) is 5.92 Å². The molecule has 1 N–H and O–H groups in total. The van der Waals surface area contributed by atoms with Gasteiger partial charge in [-0.2, -0.15) is 13.2 Å². The van der Waals surface area contributed by atoms with Crippen LogP contribution < -0.4 is 5.32 Å². The number of alkyl halides is 3. The molecule has 2 aliphatic rings. The Bertz CT molecular complexity index is 298. The first-order chi connectivity index (χ1) is 9.38. The van der Waals surface area contributed by atoms with Crippen molar-refractivity contribution in [2.75, 3.05) is 13.1 Å². The average molecular weight is 292 g/mol. The van der Waals surface area contributed by atoms with Crippen molar-refractivity contribution in [3.05, 3.63) is 0 Å². The number of hydrogen-bond donors (Lipinski definition) is 1. The molecule has 0 aromatic carbocycles. The summed E-state index contributed by atoms with van der Waals surface area (Å²) in [5.74, 6) is -1.10. The van der Waals surface area contributed by atoms with Crippen molar-refractivity contribution in [3.63, 3.8) is 0 Å². The van der Waals surface area contributed by atoms with Crippen molar-refractivity contribution in [2.24, 2.45) is 5.92 Å². The summed E-state index contributed by atoms with van der Waals surface area (Å²) in [6, 6.07) is 0.871. The zero-order valence-corrected chi connectivity index (χ0v) is 12.5. The summed E-state index contributed by atoms with van der Waals surface area (Å²) in [5.41, 5.74) is 0. The molecule has 1 saturated carbocycles. The number of hydrogen-bond acceptors (Lipinski definition) is 2. The Balaban J connectivity index is 1.97. The highest BCUT2D eigenvalue weighted by molar-refractivity contribution is 4.88. The molecule has 2 nitrogen and oxygen atoms in total. The van der Waals surface area contributed by atoms with Crippen molar-refractivity contribution in [1.82, 2.24) is 10.2 Å². The molecule has 1 aliphatic heterocycles. The summed E-state index contributed by atoms with van der Waals surface area (Å²) in [5, 5.41) is 3.46. The summed E-state index contributed by atoms with van der Waals surface area (Å²) in [6.07, 6.45) is 0.535. The highest BCUT2D eigenvalue weighted by Gasteiger charge is 2.43. The van der Waals surface area contributed by atoms with Gasteiger partial charge in [-0.15, -0.1) is 0 Å². The molecule has 1 aliphatic carbocycles. The minimum Gasteiger partial charge on any atom is -0.313 e. The van der Waals surface area contributed by atoms with Gasteiger partial charge in [-0.05, 0) is 52.5 Å². The first kappa shape index (κ1) is 16.1. The van der Waals surface area contributed by atoms with Gasteiger partial charge in [0, 0.05) is 24.7 Å². The molecule has 1 saturated heterocycles. The first-order valence-electron chi connectivity index (χ1n) is 7.93. The molecule has 20 heavy (non-hydrogen) atoms. The Kier molecular flexibility index (Phi) is 5.35. The number of nitrogens with one attached hydrogen (secondary N) is 1. The Morgan fingerprint density at radius 1 is 1.15 bits per heavy atom. The predicted molar refractivity (Wildman–Crippen MR) is 74.7 cm³/mol. The lowest BCUT2D eigenvalue weighted by molar-refractivity contribution is -0.187. The summed E-state index contributed by atoms with van der Waals surface area (Å²) in [4.78, 5) is 2.31. The molecule has 118 valence electrons. The molecule has 0 radical (unpaired) electrons. The highest BCUT2D eigenvalue weighted by atomic mass is 19.4. The van der Waals surface area contributed by atoms with Crippen molar-refractivity contribution in [1.29, 1.82) is 0 Å². The summed E-state index contributed by atoms with van der Waals surface area (Å²) < 4.78 is 38.9. The zero-order chi connectivity index (χ0) is 14.8. The van der Waals surface area contributed by atoms with Crippen molar-refractivity contribution < 1.29 is 13.2 Å². The molecule has 0 amide bonds. The Morgan fingerprint density at radius 2 is 1.90 bits per heavy atom. The van der Waals surface area contributed by atoms with E-state index in [-0.39, 0.29) is 12.5 Å². The maximum atomic E-state index is 13.0. The molecule has 0 aromatic rings. The van der Waals surface area contributed by atoms with Gasteiger partial charge in [-0.3, -0.25) is 4.90 Å². The van der Waals surface area contributed by atoms with Gasteiger partial charge in [0.2, 0.25) is 0 Å². The zero-order valence-electron chi connectivity index (χ0n) is 12.5. The average Bonchev–Trinajstić information content (AvgIpc) is 2.87. The lowest BCUT2D eigenvalue weighted by Gasteiger charge is -2.41. The SMILES string of the molecule is CC(C)N(CC1CCCN1)C1CCCC(C(F)(F)F)C1. The van der Waals surface area contributed by atoms with E-state index in [0.29, 0.717) is 24.9 Å². The molecule has 5 heteroatoms. The van der Waals surface area contributed by atoms with Gasteiger partial charge in [-0.25, -0.2) is 0 Å². The van der Waals surface area contributed by atoms with Crippen LogP contribution >= 0.6 is 0 Å². The van der Waals surface area contributed by atoms with Gasteiger partial charge < -0.3 is 5.32 Å². The monoisotopic (exact) mass is 292 g/mol. The molecular formula is C15H27F3N2. The molecule has 1 heterocycles. The van der Waals surface area contributed by atoms with Gasteiger partial charge in [-0.1, -0.05) is 6.42 Å². The topological polar surface area (TPSA) is 15.3 Å². The van der Waals surface area contributed by atoms with Crippen LogP contribution in [0.15, 0.2) is 0 Å². The van der Waals surface area contributed by atoms with Crippen molar-refractivity contribution in [2.45, 2.75) is 76.7 Å². The fraction of sp³-hybridized carbons (Fsp3) is 1.00. The molecular weight excluding hydrogens is 265 g/mol. The van der Waals surface area contributed by atoms with Crippen LogP contribution in [0.1, 0.15) is 52.4 Å². The fourth-order valence-corrected chi connectivity index (χ4v) is 3.71. The van der Waals surface area contributed by atoms with Gasteiger partial charge in [0.15, 0.2) is 0 Å². The van der Waals surface area contributed by atoms with E-state index in [1.165, 1.54) is 6.42 Å². The first-order valence-corrected chi connectivity index (χ1v) is 7.93. The lowest BCUT2D eigenvalue weighted by Crippen LogP contribution is -2.49. The Hall–Kier alpha value is -0.290. The van der Waals surface area contributed by atoms with E-state index >= 15 is 0 Å². The van der Waals surface area contributed by atoms with E-state index in [1.54, 1.807) is 0 Å². The second-order valence-electron chi connectivity index (χ2n) is 6.64. The summed E-state index contributed by atoms with van der Waals surface area (Å²) >= 11 is 0. The van der Waals surface area contributed by atoms with Crippen LogP contribution in [-0.4, -0.2) is 42.3 Å². The van der Waals surface area contributed by atoms with Crippen molar-refractivity contribution >= 4 is 0 Å².